The maximum Gasteiger partial charge on any atom is 0.276 e. The van der Waals surface area contributed by atoms with Gasteiger partial charge in [-0.05, 0) is 56.3 Å². The van der Waals surface area contributed by atoms with E-state index in [1.54, 1.807) is 0 Å². The second-order valence-corrected chi connectivity index (χ2v) is 8.53. The summed E-state index contributed by atoms with van der Waals surface area (Å²) in [6.45, 7) is 4.67. The Morgan fingerprint density at radius 3 is 2.55 bits per heavy atom. The van der Waals surface area contributed by atoms with E-state index in [9.17, 15) is 4.79 Å². The molecule has 2 saturated heterocycles. The van der Waals surface area contributed by atoms with Gasteiger partial charge >= 0.3 is 0 Å². The summed E-state index contributed by atoms with van der Waals surface area (Å²) < 4.78 is 1.92. The molecule has 0 radical (unpaired) electrons. The fourth-order valence-corrected chi connectivity index (χ4v) is 4.36. The van der Waals surface area contributed by atoms with Gasteiger partial charge < -0.3 is 9.80 Å². The van der Waals surface area contributed by atoms with E-state index in [1.165, 1.54) is 17.7 Å². The normalized spacial score (nSPS) is 20.6. The van der Waals surface area contributed by atoms with Crippen molar-refractivity contribution in [3.8, 4) is 0 Å². The second kappa shape index (κ2) is 8.95. The molecule has 7 nitrogen and oxygen atoms in total. The number of likely N-dealkylation sites (tertiary alicyclic amines) is 2. The van der Waals surface area contributed by atoms with E-state index < -0.39 is 0 Å². The molecule has 0 saturated carbocycles. The van der Waals surface area contributed by atoms with Crippen molar-refractivity contribution in [3.63, 3.8) is 0 Å². The molecule has 0 spiro atoms. The smallest absolute Gasteiger partial charge is 0.276 e. The summed E-state index contributed by atoms with van der Waals surface area (Å²) in [6, 6.07) is 9.05. The molecule has 156 valence electrons. The molecule has 2 aliphatic heterocycles. The van der Waals surface area contributed by atoms with Gasteiger partial charge in [0, 0.05) is 46.0 Å². The van der Waals surface area contributed by atoms with Crippen LogP contribution in [0.1, 0.15) is 54.2 Å². The van der Waals surface area contributed by atoms with Gasteiger partial charge in [0.25, 0.3) is 5.91 Å². The van der Waals surface area contributed by atoms with E-state index in [4.69, 9.17) is 0 Å². The van der Waals surface area contributed by atoms with Crippen molar-refractivity contribution in [2.45, 2.75) is 44.7 Å². The first-order valence-electron chi connectivity index (χ1n) is 10.8. The van der Waals surface area contributed by atoms with Crippen LogP contribution < -0.4 is 4.90 Å². The van der Waals surface area contributed by atoms with Crippen molar-refractivity contribution in [2.24, 2.45) is 0 Å². The molecule has 2 fully saturated rings. The molecule has 2 aromatic rings. The molecule has 1 amide bonds. The Hall–Kier alpha value is -2.41. The molecule has 3 heterocycles. The lowest BCUT2D eigenvalue weighted by atomic mass is 10.0. The van der Waals surface area contributed by atoms with Gasteiger partial charge in [0.2, 0.25) is 0 Å². The molecule has 0 N–H and O–H groups in total. The summed E-state index contributed by atoms with van der Waals surface area (Å²) in [5.74, 6) is 0.0320. The maximum atomic E-state index is 12.7. The van der Waals surface area contributed by atoms with Gasteiger partial charge in [-0.3, -0.25) is 9.69 Å². The average Bonchev–Trinajstić information content (AvgIpc) is 3.25. The summed E-state index contributed by atoms with van der Waals surface area (Å²) in [5, 5.41) is 8.52. The van der Waals surface area contributed by atoms with Gasteiger partial charge in [-0.2, -0.15) is 0 Å². The number of carbonyl (C=O) groups is 1. The van der Waals surface area contributed by atoms with E-state index in [0.29, 0.717) is 5.69 Å². The number of aromatic nitrogens is 3. The standard InChI is InChI=1S/C22H32N6O/c1-25(2)19-10-8-18(9-11-19)15-26-12-6-7-20(16-26)28-17-21(23-24-28)22(29)27-13-4-3-5-14-27/h8-11,17,20H,3-7,12-16H2,1-2H3. The van der Waals surface area contributed by atoms with Crippen LogP contribution in [0.25, 0.3) is 0 Å². The first-order chi connectivity index (χ1) is 14.1. The Balaban J connectivity index is 1.37. The number of nitrogens with zero attached hydrogens (tertiary/aromatic N) is 6. The van der Waals surface area contributed by atoms with Crippen molar-refractivity contribution in [1.82, 2.24) is 24.8 Å². The number of carbonyl (C=O) groups excluding carboxylic acids is 1. The molecular weight excluding hydrogens is 364 g/mol. The molecule has 1 aromatic heterocycles. The summed E-state index contributed by atoms with van der Waals surface area (Å²) in [4.78, 5) is 19.2. The minimum Gasteiger partial charge on any atom is -0.378 e. The number of piperidine rings is 2. The summed E-state index contributed by atoms with van der Waals surface area (Å²) in [5.41, 5.74) is 3.04. The fourth-order valence-electron chi connectivity index (χ4n) is 4.36. The van der Waals surface area contributed by atoms with Crippen LogP contribution in [0.15, 0.2) is 30.5 Å². The third-order valence-corrected chi connectivity index (χ3v) is 6.09. The summed E-state index contributed by atoms with van der Waals surface area (Å²) >= 11 is 0. The lowest BCUT2D eigenvalue weighted by molar-refractivity contribution is 0.0718. The van der Waals surface area contributed by atoms with Gasteiger partial charge in [0.05, 0.1) is 12.2 Å². The van der Waals surface area contributed by atoms with Crippen LogP contribution in [0.4, 0.5) is 5.69 Å². The predicted molar refractivity (Wildman–Crippen MR) is 114 cm³/mol. The molecule has 1 unspecified atom stereocenters. The van der Waals surface area contributed by atoms with E-state index in [-0.39, 0.29) is 11.9 Å². The Morgan fingerprint density at radius 1 is 1.07 bits per heavy atom. The summed E-state index contributed by atoms with van der Waals surface area (Å²) in [6.07, 6.45) is 7.47. The van der Waals surface area contributed by atoms with Gasteiger partial charge in [-0.25, -0.2) is 4.68 Å². The zero-order valence-electron chi connectivity index (χ0n) is 17.6. The van der Waals surface area contributed by atoms with Crippen molar-refractivity contribution >= 4 is 11.6 Å². The molecule has 7 heteroatoms. The molecule has 29 heavy (non-hydrogen) atoms. The van der Waals surface area contributed by atoms with Gasteiger partial charge in [-0.1, -0.05) is 17.3 Å². The van der Waals surface area contributed by atoms with E-state index in [1.807, 2.05) is 15.8 Å². The Morgan fingerprint density at radius 2 is 1.83 bits per heavy atom. The fraction of sp³-hybridized carbons (Fsp3) is 0.591. The minimum atomic E-state index is 0.0320. The first-order valence-corrected chi connectivity index (χ1v) is 10.8. The van der Waals surface area contributed by atoms with Crippen molar-refractivity contribution in [2.75, 3.05) is 45.2 Å². The molecule has 0 aliphatic carbocycles. The third-order valence-electron chi connectivity index (χ3n) is 6.09. The molecule has 0 bridgehead atoms. The Kier molecular flexibility index (Phi) is 6.13. The lowest BCUT2D eigenvalue weighted by Crippen LogP contribution is -2.36. The van der Waals surface area contributed by atoms with E-state index in [2.05, 4.69) is 58.5 Å². The highest BCUT2D eigenvalue weighted by molar-refractivity contribution is 5.91. The molecule has 2 aliphatic rings. The largest absolute Gasteiger partial charge is 0.378 e. The number of benzene rings is 1. The first kappa shape index (κ1) is 19.9. The monoisotopic (exact) mass is 396 g/mol. The van der Waals surface area contributed by atoms with Crippen LogP contribution in [-0.2, 0) is 6.54 Å². The quantitative estimate of drug-likeness (QED) is 0.778. The zero-order chi connectivity index (χ0) is 20.2. The van der Waals surface area contributed by atoms with Gasteiger partial charge in [0.15, 0.2) is 5.69 Å². The van der Waals surface area contributed by atoms with Crippen LogP contribution in [-0.4, -0.2) is 71.0 Å². The molecule has 4 rings (SSSR count). The molecule has 1 atom stereocenters. The number of rotatable bonds is 5. The Bertz CT molecular complexity index is 809. The minimum absolute atomic E-state index is 0.0320. The highest BCUT2D eigenvalue weighted by Crippen LogP contribution is 2.23. The summed E-state index contributed by atoms with van der Waals surface area (Å²) in [7, 11) is 4.12. The van der Waals surface area contributed by atoms with E-state index in [0.717, 1.165) is 58.4 Å². The van der Waals surface area contributed by atoms with Crippen molar-refractivity contribution in [1.29, 1.82) is 0 Å². The highest BCUT2D eigenvalue weighted by Gasteiger charge is 2.25. The number of amides is 1. The van der Waals surface area contributed by atoms with Crippen LogP contribution in [0.3, 0.4) is 0 Å². The number of hydrogen-bond donors (Lipinski definition) is 0. The van der Waals surface area contributed by atoms with E-state index >= 15 is 0 Å². The SMILES string of the molecule is CN(C)c1ccc(CN2CCCC(n3cc(C(=O)N4CCCCC4)nn3)C2)cc1. The third kappa shape index (κ3) is 4.78. The van der Waals surface area contributed by atoms with Crippen molar-refractivity contribution < 1.29 is 4.79 Å². The highest BCUT2D eigenvalue weighted by atomic mass is 16.2. The van der Waals surface area contributed by atoms with Crippen LogP contribution in [0, 0.1) is 0 Å². The molecular formula is C22H32N6O. The van der Waals surface area contributed by atoms with Gasteiger partial charge in [0.1, 0.15) is 0 Å². The lowest BCUT2D eigenvalue weighted by Gasteiger charge is -2.32. The topological polar surface area (TPSA) is 57.5 Å². The maximum absolute atomic E-state index is 12.7. The number of hydrogen-bond acceptors (Lipinski definition) is 5. The van der Waals surface area contributed by atoms with Gasteiger partial charge in [-0.15, -0.1) is 5.10 Å². The van der Waals surface area contributed by atoms with Crippen molar-refractivity contribution in [3.05, 3.63) is 41.7 Å². The average molecular weight is 397 g/mol. The number of anilines is 1. The van der Waals surface area contributed by atoms with Crippen LogP contribution in [0.2, 0.25) is 0 Å². The Labute approximate surface area is 173 Å². The second-order valence-electron chi connectivity index (χ2n) is 8.53. The molecule has 1 aromatic carbocycles. The predicted octanol–water partition coefficient (Wildman–Crippen LogP) is 2.81. The zero-order valence-corrected chi connectivity index (χ0v) is 17.6. The van der Waals surface area contributed by atoms with Crippen LogP contribution >= 0.6 is 0 Å². The van der Waals surface area contributed by atoms with Crippen LogP contribution in [0.5, 0.6) is 0 Å².